The number of aromatic nitrogens is 2. The van der Waals surface area contributed by atoms with Crippen LogP contribution in [0.1, 0.15) is 5.69 Å². The zero-order valence-electron chi connectivity index (χ0n) is 9.23. The van der Waals surface area contributed by atoms with Crippen LogP contribution in [0.25, 0.3) is 5.65 Å². The van der Waals surface area contributed by atoms with Gasteiger partial charge in [-0.3, -0.25) is 4.79 Å². The Labute approximate surface area is 93.1 Å². The van der Waals surface area contributed by atoms with Gasteiger partial charge in [-0.2, -0.15) is 0 Å². The lowest BCUT2D eigenvalue weighted by Crippen LogP contribution is -2.17. The van der Waals surface area contributed by atoms with Gasteiger partial charge >= 0.3 is 0 Å². The van der Waals surface area contributed by atoms with E-state index in [0.29, 0.717) is 0 Å². The fourth-order valence-electron chi connectivity index (χ4n) is 1.52. The average molecular weight is 219 g/mol. The smallest absolute Gasteiger partial charge is 0.250 e. The summed E-state index contributed by atoms with van der Waals surface area (Å²) in [5, 5.41) is 2.73. The van der Waals surface area contributed by atoms with Crippen LogP contribution in [0.2, 0.25) is 0 Å². The number of rotatable bonds is 3. The Morgan fingerprint density at radius 1 is 1.50 bits per heavy atom. The molecule has 16 heavy (non-hydrogen) atoms. The Morgan fingerprint density at radius 3 is 3.06 bits per heavy atom. The molecule has 1 N–H and O–H groups in total. The summed E-state index contributed by atoms with van der Waals surface area (Å²) in [6.07, 6.45) is 3.73. The SMILES string of the molecule is COCC(=O)Nc1ccc2nc(C)cn2c1. The molecule has 2 heterocycles. The molecule has 5 heteroatoms. The number of aryl methyl sites for hydroxylation is 1. The van der Waals surface area contributed by atoms with E-state index in [-0.39, 0.29) is 12.5 Å². The van der Waals surface area contributed by atoms with Crippen molar-refractivity contribution in [2.45, 2.75) is 6.92 Å². The summed E-state index contributed by atoms with van der Waals surface area (Å²) in [6.45, 7) is 1.98. The second-order valence-electron chi connectivity index (χ2n) is 3.55. The molecule has 0 saturated heterocycles. The summed E-state index contributed by atoms with van der Waals surface area (Å²) in [6, 6.07) is 3.67. The monoisotopic (exact) mass is 219 g/mol. The van der Waals surface area contributed by atoms with E-state index in [2.05, 4.69) is 10.3 Å². The highest BCUT2D eigenvalue weighted by atomic mass is 16.5. The standard InChI is InChI=1S/C11H13N3O2/c1-8-5-14-6-9(3-4-10(14)12-8)13-11(15)7-16-2/h3-6H,7H2,1-2H3,(H,13,15). The minimum absolute atomic E-state index is 0.0565. The zero-order valence-corrected chi connectivity index (χ0v) is 9.23. The minimum atomic E-state index is -0.168. The third-order valence-electron chi connectivity index (χ3n) is 2.13. The number of hydrogen-bond donors (Lipinski definition) is 1. The van der Waals surface area contributed by atoms with E-state index in [1.54, 1.807) is 0 Å². The highest BCUT2D eigenvalue weighted by Gasteiger charge is 2.03. The number of fused-ring (bicyclic) bond motifs is 1. The average Bonchev–Trinajstić information content (AvgIpc) is 2.57. The molecule has 0 aliphatic rings. The molecule has 2 aromatic heterocycles. The van der Waals surface area contributed by atoms with Gasteiger partial charge in [0.05, 0.1) is 11.4 Å². The van der Waals surface area contributed by atoms with E-state index in [1.165, 1.54) is 7.11 Å². The fourth-order valence-corrected chi connectivity index (χ4v) is 1.52. The van der Waals surface area contributed by atoms with Crippen LogP contribution in [0, 0.1) is 6.92 Å². The van der Waals surface area contributed by atoms with Crippen LogP contribution >= 0.6 is 0 Å². The van der Waals surface area contributed by atoms with Crippen molar-refractivity contribution in [1.82, 2.24) is 9.38 Å². The molecular formula is C11H13N3O2. The van der Waals surface area contributed by atoms with E-state index in [9.17, 15) is 4.79 Å². The molecule has 0 aromatic carbocycles. The molecule has 0 aliphatic carbocycles. The molecule has 0 radical (unpaired) electrons. The topological polar surface area (TPSA) is 55.6 Å². The Bertz CT molecular complexity index is 519. The molecule has 0 aliphatic heterocycles. The van der Waals surface area contributed by atoms with E-state index >= 15 is 0 Å². The predicted octanol–water partition coefficient (Wildman–Crippen LogP) is 1.23. The maximum atomic E-state index is 11.3. The fraction of sp³-hybridized carbons (Fsp3) is 0.273. The number of nitrogens with zero attached hydrogens (tertiary/aromatic N) is 2. The number of amides is 1. The lowest BCUT2D eigenvalue weighted by molar-refractivity contribution is -0.119. The predicted molar refractivity (Wildman–Crippen MR) is 60.4 cm³/mol. The van der Waals surface area contributed by atoms with Crippen molar-refractivity contribution in [2.75, 3.05) is 19.0 Å². The van der Waals surface area contributed by atoms with Crippen LogP contribution in [0.4, 0.5) is 5.69 Å². The summed E-state index contributed by atoms with van der Waals surface area (Å²) < 4.78 is 6.61. The minimum Gasteiger partial charge on any atom is -0.375 e. The van der Waals surface area contributed by atoms with Crippen molar-refractivity contribution >= 4 is 17.2 Å². The molecule has 2 aromatic rings. The Hall–Kier alpha value is -1.88. The molecule has 0 spiro atoms. The molecule has 84 valence electrons. The lowest BCUT2D eigenvalue weighted by atomic mass is 10.4. The highest BCUT2D eigenvalue weighted by molar-refractivity contribution is 5.91. The summed E-state index contributed by atoms with van der Waals surface area (Å²) in [5.74, 6) is -0.168. The van der Waals surface area contributed by atoms with Gasteiger partial charge in [-0.05, 0) is 19.1 Å². The summed E-state index contributed by atoms with van der Waals surface area (Å²) in [4.78, 5) is 15.6. The van der Waals surface area contributed by atoms with Gasteiger partial charge in [0.15, 0.2) is 0 Å². The number of anilines is 1. The molecule has 0 unspecified atom stereocenters. The van der Waals surface area contributed by atoms with Gasteiger partial charge in [0.1, 0.15) is 12.3 Å². The first-order chi connectivity index (χ1) is 7.69. The van der Waals surface area contributed by atoms with Gasteiger partial charge in [0.2, 0.25) is 5.91 Å². The van der Waals surface area contributed by atoms with E-state index in [0.717, 1.165) is 17.0 Å². The van der Waals surface area contributed by atoms with Gasteiger partial charge in [-0.1, -0.05) is 0 Å². The highest BCUT2D eigenvalue weighted by Crippen LogP contribution is 2.11. The van der Waals surface area contributed by atoms with E-state index in [1.807, 2.05) is 35.9 Å². The Kier molecular flexibility index (Phi) is 2.87. The Morgan fingerprint density at radius 2 is 2.31 bits per heavy atom. The summed E-state index contributed by atoms with van der Waals surface area (Å²) in [7, 11) is 1.49. The number of carbonyl (C=O) groups excluding carboxylic acids is 1. The third-order valence-corrected chi connectivity index (χ3v) is 2.13. The van der Waals surface area contributed by atoms with Gasteiger partial charge < -0.3 is 14.5 Å². The number of methoxy groups -OCH3 is 1. The van der Waals surface area contributed by atoms with Crippen LogP contribution in [-0.4, -0.2) is 29.0 Å². The van der Waals surface area contributed by atoms with Crippen molar-refractivity contribution in [3.05, 3.63) is 30.2 Å². The number of imidazole rings is 1. The maximum absolute atomic E-state index is 11.3. The van der Waals surface area contributed by atoms with Gasteiger partial charge in [0, 0.05) is 19.5 Å². The maximum Gasteiger partial charge on any atom is 0.250 e. The van der Waals surface area contributed by atoms with Crippen molar-refractivity contribution in [1.29, 1.82) is 0 Å². The van der Waals surface area contributed by atoms with E-state index in [4.69, 9.17) is 4.74 Å². The first-order valence-corrected chi connectivity index (χ1v) is 4.93. The van der Waals surface area contributed by atoms with Gasteiger partial charge in [-0.25, -0.2) is 4.98 Å². The number of ether oxygens (including phenoxy) is 1. The molecule has 2 rings (SSSR count). The van der Waals surface area contributed by atoms with Crippen LogP contribution in [-0.2, 0) is 9.53 Å². The summed E-state index contributed by atoms with van der Waals surface area (Å²) in [5.41, 5.74) is 2.54. The van der Waals surface area contributed by atoms with Crippen molar-refractivity contribution < 1.29 is 9.53 Å². The van der Waals surface area contributed by atoms with Crippen molar-refractivity contribution in [3.63, 3.8) is 0 Å². The van der Waals surface area contributed by atoms with E-state index < -0.39 is 0 Å². The second kappa shape index (κ2) is 4.32. The molecule has 1 amide bonds. The number of nitrogens with one attached hydrogen (secondary N) is 1. The molecule has 0 saturated carbocycles. The van der Waals surface area contributed by atoms with Gasteiger partial charge in [-0.15, -0.1) is 0 Å². The van der Waals surface area contributed by atoms with Crippen molar-refractivity contribution in [2.24, 2.45) is 0 Å². The second-order valence-corrected chi connectivity index (χ2v) is 3.55. The largest absolute Gasteiger partial charge is 0.375 e. The van der Waals surface area contributed by atoms with Crippen LogP contribution in [0.3, 0.4) is 0 Å². The summed E-state index contributed by atoms with van der Waals surface area (Å²) >= 11 is 0. The van der Waals surface area contributed by atoms with Crippen molar-refractivity contribution in [3.8, 4) is 0 Å². The molecule has 0 bridgehead atoms. The molecule has 0 atom stereocenters. The lowest BCUT2D eigenvalue weighted by Gasteiger charge is -2.04. The first kappa shape index (κ1) is 10.6. The third kappa shape index (κ3) is 2.20. The molecule has 5 nitrogen and oxygen atoms in total. The number of carbonyl (C=O) groups is 1. The molecular weight excluding hydrogens is 206 g/mol. The first-order valence-electron chi connectivity index (χ1n) is 4.93. The quantitative estimate of drug-likeness (QED) is 0.844. The zero-order chi connectivity index (χ0) is 11.5. The molecule has 0 fully saturated rings. The van der Waals surface area contributed by atoms with Gasteiger partial charge in [0.25, 0.3) is 0 Å². The Balaban J connectivity index is 2.22. The normalized spacial score (nSPS) is 10.6. The number of pyridine rings is 1. The number of hydrogen-bond acceptors (Lipinski definition) is 3. The van der Waals surface area contributed by atoms with Crippen LogP contribution in [0.5, 0.6) is 0 Å². The van der Waals surface area contributed by atoms with Crippen LogP contribution < -0.4 is 5.32 Å². The van der Waals surface area contributed by atoms with Crippen LogP contribution in [0.15, 0.2) is 24.5 Å².